The van der Waals surface area contributed by atoms with Gasteiger partial charge in [-0.1, -0.05) is 35.0 Å². The Morgan fingerprint density at radius 2 is 2.15 bits per heavy atom. The third kappa shape index (κ3) is 3.38. The molecule has 106 valence electrons. The molecule has 0 atom stereocenters. The van der Waals surface area contributed by atoms with Gasteiger partial charge in [-0.15, -0.1) is 0 Å². The maximum absolute atomic E-state index is 6.19. The van der Waals surface area contributed by atoms with Crippen molar-refractivity contribution in [2.75, 3.05) is 5.32 Å². The molecule has 0 bridgehead atoms. The van der Waals surface area contributed by atoms with Crippen LogP contribution >= 0.6 is 47.2 Å². The number of rotatable bonds is 3. The number of anilines is 1. The van der Waals surface area contributed by atoms with Gasteiger partial charge in [-0.25, -0.2) is 0 Å². The molecule has 0 saturated heterocycles. The summed E-state index contributed by atoms with van der Waals surface area (Å²) < 4.78 is 1.76. The summed E-state index contributed by atoms with van der Waals surface area (Å²) in [6, 6.07) is 5.36. The van der Waals surface area contributed by atoms with E-state index in [1.807, 2.05) is 20.0 Å². The summed E-state index contributed by atoms with van der Waals surface area (Å²) in [6.07, 6.45) is 0. The molecule has 0 amide bonds. The van der Waals surface area contributed by atoms with Gasteiger partial charge in [-0.2, -0.15) is 5.10 Å². The molecule has 8 heteroatoms. The highest BCUT2D eigenvalue weighted by Crippen LogP contribution is 2.39. The van der Waals surface area contributed by atoms with E-state index in [1.165, 1.54) is 11.8 Å². The van der Waals surface area contributed by atoms with Crippen LogP contribution < -0.4 is 11.1 Å². The topological polar surface area (TPSA) is 55.9 Å². The van der Waals surface area contributed by atoms with Crippen molar-refractivity contribution in [3.8, 4) is 0 Å². The monoisotopic (exact) mass is 346 g/mol. The third-order valence-corrected chi connectivity index (χ3v) is 4.52. The fourth-order valence-electron chi connectivity index (χ4n) is 1.68. The minimum absolute atomic E-state index is 0.199. The summed E-state index contributed by atoms with van der Waals surface area (Å²) in [5, 5.41) is 9.56. The standard InChI is InChI=1S/C12H12Cl2N4S2/c1-6-10(16-12(15)19)11(18(2)17-6)20-9-4-3-7(13)5-8(9)14/h3-5H,1-2H3,(H3,15,16,19). The molecule has 0 fully saturated rings. The van der Waals surface area contributed by atoms with Gasteiger partial charge in [0.25, 0.3) is 0 Å². The Balaban J connectivity index is 2.40. The predicted octanol–water partition coefficient (Wildman–Crippen LogP) is 3.84. The van der Waals surface area contributed by atoms with E-state index >= 15 is 0 Å². The molecule has 3 N–H and O–H groups in total. The first-order valence-electron chi connectivity index (χ1n) is 5.61. The molecule has 2 aromatic rings. The van der Waals surface area contributed by atoms with E-state index in [1.54, 1.807) is 16.8 Å². The summed E-state index contributed by atoms with van der Waals surface area (Å²) in [7, 11) is 1.85. The molecule has 0 spiro atoms. The van der Waals surface area contributed by atoms with Gasteiger partial charge in [-0.05, 0) is 37.3 Å². The van der Waals surface area contributed by atoms with Crippen LogP contribution in [0, 0.1) is 6.92 Å². The fraction of sp³-hybridized carbons (Fsp3) is 0.167. The Morgan fingerprint density at radius 3 is 2.75 bits per heavy atom. The first kappa shape index (κ1) is 15.4. The Labute approximate surface area is 136 Å². The van der Waals surface area contributed by atoms with Crippen molar-refractivity contribution in [3.63, 3.8) is 0 Å². The third-order valence-electron chi connectivity index (χ3n) is 2.52. The van der Waals surface area contributed by atoms with Gasteiger partial charge in [-0.3, -0.25) is 4.68 Å². The molecule has 4 nitrogen and oxygen atoms in total. The number of nitrogens with one attached hydrogen (secondary N) is 1. The lowest BCUT2D eigenvalue weighted by Gasteiger charge is -2.09. The van der Waals surface area contributed by atoms with Crippen LogP contribution in [0.5, 0.6) is 0 Å². The first-order valence-corrected chi connectivity index (χ1v) is 7.59. The van der Waals surface area contributed by atoms with Crippen LogP contribution in [-0.2, 0) is 7.05 Å². The highest BCUT2D eigenvalue weighted by atomic mass is 35.5. The van der Waals surface area contributed by atoms with Gasteiger partial charge in [0.05, 0.1) is 16.4 Å². The number of aryl methyl sites for hydroxylation is 2. The van der Waals surface area contributed by atoms with Crippen molar-refractivity contribution >= 4 is 58.0 Å². The van der Waals surface area contributed by atoms with Gasteiger partial charge < -0.3 is 11.1 Å². The molecular weight excluding hydrogens is 335 g/mol. The number of thiocarbonyl (C=S) groups is 1. The molecule has 1 heterocycles. The number of halogens is 2. The maximum atomic E-state index is 6.19. The summed E-state index contributed by atoms with van der Waals surface area (Å²) in [6.45, 7) is 1.88. The predicted molar refractivity (Wildman–Crippen MR) is 88.9 cm³/mol. The second kappa shape index (κ2) is 6.22. The quantitative estimate of drug-likeness (QED) is 0.826. The minimum atomic E-state index is 0.199. The van der Waals surface area contributed by atoms with Crippen molar-refractivity contribution in [1.82, 2.24) is 9.78 Å². The highest BCUT2D eigenvalue weighted by molar-refractivity contribution is 7.99. The molecular formula is C12H12Cl2N4S2. The van der Waals surface area contributed by atoms with Crippen LogP contribution in [-0.4, -0.2) is 14.9 Å². The Hall–Kier alpha value is -0.950. The molecule has 0 aliphatic carbocycles. The number of benzene rings is 1. The van der Waals surface area contributed by atoms with E-state index < -0.39 is 0 Å². The number of nitrogens with zero attached hydrogens (tertiary/aromatic N) is 2. The number of nitrogens with two attached hydrogens (primary N) is 1. The molecule has 1 aromatic carbocycles. The lowest BCUT2D eigenvalue weighted by atomic mass is 10.4. The molecule has 20 heavy (non-hydrogen) atoms. The van der Waals surface area contributed by atoms with E-state index in [-0.39, 0.29) is 5.11 Å². The van der Waals surface area contributed by atoms with E-state index in [9.17, 15) is 0 Å². The molecule has 0 aliphatic heterocycles. The lowest BCUT2D eigenvalue weighted by Crippen LogP contribution is -2.19. The average Bonchev–Trinajstić information content (AvgIpc) is 2.58. The zero-order valence-electron chi connectivity index (χ0n) is 10.8. The van der Waals surface area contributed by atoms with Crippen LogP contribution in [0.2, 0.25) is 10.0 Å². The maximum Gasteiger partial charge on any atom is 0.168 e. The molecule has 1 aromatic heterocycles. The smallest absolute Gasteiger partial charge is 0.168 e. The fourth-order valence-corrected chi connectivity index (χ4v) is 3.28. The number of hydrogen-bond donors (Lipinski definition) is 2. The van der Waals surface area contributed by atoms with Gasteiger partial charge in [0.2, 0.25) is 0 Å². The summed E-state index contributed by atoms with van der Waals surface area (Å²) in [5.74, 6) is 0. The van der Waals surface area contributed by atoms with E-state index in [0.717, 1.165) is 21.3 Å². The normalized spacial score (nSPS) is 10.6. The van der Waals surface area contributed by atoms with Crippen LogP contribution in [0.1, 0.15) is 5.69 Å². The minimum Gasteiger partial charge on any atom is -0.376 e. The van der Waals surface area contributed by atoms with Gasteiger partial charge in [0.15, 0.2) is 5.11 Å². The summed E-state index contributed by atoms with van der Waals surface area (Å²) >= 11 is 18.5. The second-order valence-electron chi connectivity index (χ2n) is 4.06. The van der Waals surface area contributed by atoms with Crippen molar-refractivity contribution < 1.29 is 0 Å². The summed E-state index contributed by atoms with van der Waals surface area (Å²) in [5.41, 5.74) is 7.15. The van der Waals surface area contributed by atoms with Crippen LogP contribution in [0.3, 0.4) is 0 Å². The SMILES string of the molecule is Cc1nn(C)c(Sc2ccc(Cl)cc2Cl)c1NC(N)=S. The Kier molecular flexibility index (Phi) is 4.80. The zero-order chi connectivity index (χ0) is 14.9. The largest absolute Gasteiger partial charge is 0.376 e. The number of hydrogen-bond acceptors (Lipinski definition) is 3. The molecule has 0 saturated carbocycles. The Bertz CT molecular complexity index is 670. The highest BCUT2D eigenvalue weighted by Gasteiger charge is 2.16. The summed E-state index contributed by atoms with van der Waals surface area (Å²) in [4.78, 5) is 0.880. The molecule has 0 unspecified atom stereocenters. The average molecular weight is 347 g/mol. The van der Waals surface area contributed by atoms with Gasteiger partial charge in [0, 0.05) is 17.0 Å². The van der Waals surface area contributed by atoms with Crippen LogP contribution in [0.25, 0.3) is 0 Å². The van der Waals surface area contributed by atoms with E-state index in [0.29, 0.717) is 10.0 Å². The van der Waals surface area contributed by atoms with E-state index in [4.69, 9.17) is 41.2 Å². The number of aromatic nitrogens is 2. The van der Waals surface area contributed by atoms with Crippen molar-refractivity contribution in [2.45, 2.75) is 16.8 Å². The van der Waals surface area contributed by atoms with E-state index in [2.05, 4.69) is 10.4 Å². The zero-order valence-corrected chi connectivity index (χ0v) is 13.9. The van der Waals surface area contributed by atoms with Gasteiger partial charge in [0.1, 0.15) is 5.03 Å². The lowest BCUT2D eigenvalue weighted by molar-refractivity contribution is 0.693. The van der Waals surface area contributed by atoms with Gasteiger partial charge >= 0.3 is 0 Å². The molecule has 0 aliphatic rings. The van der Waals surface area contributed by atoms with Crippen molar-refractivity contribution in [3.05, 3.63) is 33.9 Å². The first-order chi connectivity index (χ1) is 9.38. The van der Waals surface area contributed by atoms with Crippen LogP contribution in [0.4, 0.5) is 5.69 Å². The van der Waals surface area contributed by atoms with Crippen molar-refractivity contribution in [1.29, 1.82) is 0 Å². The Morgan fingerprint density at radius 1 is 1.45 bits per heavy atom. The molecule has 2 rings (SSSR count). The van der Waals surface area contributed by atoms with Crippen LogP contribution in [0.15, 0.2) is 28.1 Å². The van der Waals surface area contributed by atoms with Crippen molar-refractivity contribution in [2.24, 2.45) is 12.8 Å². The molecule has 0 radical (unpaired) electrons. The second-order valence-corrected chi connectivity index (χ2v) is 6.37.